The molecule has 0 saturated carbocycles. The molecule has 1 atom stereocenters. The SMILES string of the molecule is Cc1ccc(S(=O)(=O)ONC(=O)/C=C/c2cnc(N[C@@H]3CCN(Cc4ccccc4)C3)cn2)cc1. The molecule has 1 amide bonds. The lowest BCUT2D eigenvalue weighted by atomic mass is 10.2. The van der Waals surface area contributed by atoms with Gasteiger partial charge in [0, 0.05) is 31.8 Å². The lowest BCUT2D eigenvalue weighted by Crippen LogP contribution is -2.26. The summed E-state index contributed by atoms with van der Waals surface area (Å²) in [6, 6.07) is 16.8. The molecule has 0 aliphatic carbocycles. The molecule has 3 aromatic rings. The topological polar surface area (TPSA) is 114 Å². The van der Waals surface area contributed by atoms with Crippen LogP contribution in [0.3, 0.4) is 0 Å². The molecule has 1 saturated heterocycles. The fraction of sp³-hybridized carbons (Fsp3) is 0.240. The number of nitrogens with one attached hydrogen (secondary N) is 2. The van der Waals surface area contributed by atoms with Gasteiger partial charge < -0.3 is 5.32 Å². The van der Waals surface area contributed by atoms with Crippen molar-refractivity contribution >= 4 is 27.9 Å². The Hall–Kier alpha value is -3.60. The maximum Gasteiger partial charge on any atom is 0.317 e. The molecule has 0 bridgehead atoms. The van der Waals surface area contributed by atoms with Gasteiger partial charge in [-0.05, 0) is 37.1 Å². The quantitative estimate of drug-likeness (QED) is 0.346. The van der Waals surface area contributed by atoms with Crippen molar-refractivity contribution in [2.75, 3.05) is 18.4 Å². The van der Waals surface area contributed by atoms with Gasteiger partial charge in [0.15, 0.2) is 0 Å². The average molecular weight is 494 g/mol. The number of carbonyl (C=O) groups is 1. The first-order valence-electron chi connectivity index (χ1n) is 11.2. The molecule has 1 aliphatic rings. The van der Waals surface area contributed by atoms with Crippen LogP contribution in [0.5, 0.6) is 0 Å². The van der Waals surface area contributed by atoms with Crippen LogP contribution in [0.25, 0.3) is 6.08 Å². The number of anilines is 1. The van der Waals surface area contributed by atoms with E-state index in [1.165, 1.54) is 30.0 Å². The van der Waals surface area contributed by atoms with Crippen LogP contribution in [-0.2, 0) is 25.7 Å². The Morgan fingerprint density at radius 2 is 1.89 bits per heavy atom. The highest BCUT2D eigenvalue weighted by molar-refractivity contribution is 7.86. The summed E-state index contributed by atoms with van der Waals surface area (Å²) in [5, 5.41) is 3.40. The fourth-order valence-corrected chi connectivity index (χ4v) is 4.44. The number of likely N-dealkylation sites (tertiary alicyclic amines) is 1. The molecule has 2 aromatic carbocycles. The van der Waals surface area contributed by atoms with Gasteiger partial charge in [0.1, 0.15) is 5.82 Å². The number of aromatic nitrogens is 2. The van der Waals surface area contributed by atoms with Crippen molar-refractivity contribution in [2.24, 2.45) is 0 Å². The predicted octanol–water partition coefficient (Wildman–Crippen LogP) is 2.92. The Morgan fingerprint density at radius 1 is 1.11 bits per heavy atom. The highest BCUT2D eigenvalue weighted by Gasteiger charge is 2.22. The van der Waals surface area contributed by atoms with E-state index in [9.17, 15) is 13.2 Å². The summed E-state index contributed by atoms with van der Waals surface area (Å²) in [7, 11) is -4.10. The van der Waals surface area contributed by atoms with Crippen molar-refractivity contribution in [1.29, 1.82) is 0 Å². The summed E-state index contributed by atoms with van der Waals surface area (Å²) in [5.74, 6) is -0.0835. The predicted molar refractivity (Wildman–Crippen MR) is 132 cm³/mol. The minimum absolute atomic E-state index is 0.0493. The molecule has 10 heteroatoms. The second kappa shape index (κ2) is 11.2. The van der Waals surface area contributed by atoms with Crippen LogP contribution < -0.4 is 10.8 Å². The van der Waals surface area contributed by atoms with Crippen LogP contribution in [0.4, 0.5) is 5.82 Å². The zero-order valence-electron chi connectivity index (χ0n) is 19.3. The molecule has 35 heavy (non-hydrogen) atoms. The van der Waals surface area contributed by atoms with Gasteiger partial charge in [-0.3, -0.25) is 14.7 Å². The third-order valence-electron chi connectivity index (χ3n) is 5.51. The van der Waals surface area contributed by atoms with Crippen molar-refractivity contribution in [1.82, 2.24) is 20.3 Å². The molecule has 9 nitrogen and oxygen atoms in total. The lowest BCUT2D eigenvalue weighted by molar-refractivity contribution is -0.122. The molecule has 4 rings (SSSR count). The molecule has 1 fully saturated rings. The van der Waals surface area contributed by atoms with E-state index < -0.39 is 16.0 Å². The Kier molecular flexibility index (Phi) is 7.86. The number of hydrogen-bond donors (Lipinski definition) is 2. The third kappa shape index (κ3) is 7.19. The van der Waals surface area contributed by atoms with Crippen LogP contribution >= 0.6 is 0 Å². The van der Waals surface area contributed by atoms with Crippen molar-refractivity contribution in [3.05, 3.63) is 89.9 Å². The van der Waals surface area contributed by atoms with Gasteiger partial charge in [-0.1, -0.05) is 48.0 Å². The molecule has 182 valence electrons. The van der Waals surface area contributed by atoms with Gasteiger partial charge >= 0.3 is 10.1 Å². The Bertz CT molecular complexity index is 1260. The minimum Gasteiger partial charge on any atom is -0.365 e. The van der Waals surface area contributed by atoms with E-state index >= 15 is 0 Å². The number of benzene rings is 2. The first kappa shape index (κ1) is 24.5. The smallest absolute Gasteiger partial charge is 0.317 e. The highest BCUT2D eigenvalue weighted by atomic mass is 32.2. The average Bonchev–Trinajstić information content (AvgIpc) is 3.30. The van der Waals surface area contributed by atoms with E-state index in [1.54, 1.807) is 18.3 Å². The van der Waals surface area contributed by atoms with E-state index in [-0.39, 0.29) is 10.9 Å². The normalized spacial score (nSPS) is 16.4. The summed E-state index contributed by atoms with van der Waals surface area (Å²) in [6.45, 7) is 4.69. The van der Waals surface area contributed by atoms with Crippen molar-refractivity contribution < 1.29 is 17.5 Å². The van der Waals surface area contributed by atoms with Crippen LogP contribution in [-0.4, -0.2) is 48.3 Å². The van der Waals surface area contributed by atoms with Gasteiger partial charge in [-0.25, -0.2) is 10.5 Å². The van der Waals surface area contributed by atoms with Gasteiger partial charge in [0.05, 0.1) is 23.0 Å². The van der Waals surface area contributed by atoms with E-state index in [1.807, 2.05) is 18.5 Å². The summed E-state index contributed by atoms with van der Waals surface area (Å²) < 4.78 is 28.9. The van der Waals surface area contributed by atoms with Crippen molar-refractivity contribution in [3.63, 3.8) is 0 Å². The van der Waals surface area contributed by atoms with Crippen LogP contribution in [0.2, 0.25) is 0 Å². The molecular weight excluding hydrogens is 466 g/mol. The second-order valence-corrected chi connectivity index (χ2v) is 9.87. The maximum absolute atomic E-state index is 12.1. The molecule has 2 N–H and O–H groups in total. The Morgan fingerprint density at radius 3 is 2.60 bits per heavy atom. The van der Waals surface area contributed by atoms with E-state index in [4.69, 9.17) is 0 Å². The van der Waals surface area contributed by atoms with E-state index in [0.29, 0.717) is 11.5 Å². The molecule has 0 spiro atoms. The summed E-state index contributed by atoms with van der Waals surface area (Å²) in [5.41, 5.74) is 4.56. The zero-order chi connectivity index (χ0) is 24.7. The van der Waals surface area contributed by atoms with Crippen LogP contribution in [0.1, 0.15) is 23.2 Å². The van der Waals surface area contributed by atoms with E-state index in [0.717, 1.165) is 37.7 Å². The molecular formula is C25H27N5O4S. The Balaban J connectivity index is 1.23. The van der Waals surface area contributed by atoms with Crippen LogP contribution in [0, 0.1) is 6.92 Å². The van der Waals surface area contributed by atoms with Gasteiger partial charge in [0.25, 0.3) is 5.91 Å². The number of aryl methyl sites for hydroxylation is 1. The lowest BCUT2D eigenvalue weighted by Gasteiger charge is -2.17. The summed E-state index contributed by atoms with van der Waals surface area (Å²) in [6.07, 6.45) is 6.70. The number of nitrogens with zero attached hydrogens (tertiary/aromatic N) is 3. The number of carbonyl (C=O) groups excluding carboxylic acids is 1. The van der Waals surface area contributed by atoms with Crippen molar-refractivity contribution in [2.45, 2.75) is 30.8 Å². The number of rotatable bonds is 9. The largest absolute Gasteiger partial charge is 0.365 e. The van der Waals surface area contributed by atoms with E-state index in [2.05, 4.69) is 48.7 Å². The number of amides is 1. The molecule has 1 aliphatic heterocycles. The molecule has 0 unspecified atom stereocenters. The highest BCUT2D eigenvalue weighted by Crippen LogP contribution is 2.17. The van der Waals surface area contributed by atoms with Crippen LogP contribution in [0.15, 0.2) is 78.0 Å². The maximum atomic E-state index is 12.1. The molecule has 2 heterocycles. The number of hydrogen-bond acceptors (Lipinski definition) is 8. The monoisotopic (exact) mass is 493 g/mol. The van der Waals surface area contributed by atoms with Gasteiger partial charge in [-0.15, -0.1) is 4.28 Å². The zero-order valence-corrected chi connectivity index (χ0v) is 20.1. The molecule has 0 radical (unpaired) electrons. The Labute approximate surface area is 204 Å². The summed E-state index contributed by atoms with van der Waals surface area (Å²) >= 11 is 0. The summed E-state index contributed by atoms with van der Waals surface area (Å²) in [4.78, 5) is 22.9. The third-order valence-corrected chi connectivity index (χ3v) is 6.66. The minimum atomic E-state index is -4.10. The van der Waals surface area contributed by atoms with Gasteiger partial charge in [-0.2, -0.15) is 8.42 Å². The van der Waals surface area contributed by atoms with Crippen molar-refractivity contribution in [3.8, 4) is 0 Å². The fourth-order valence-electron chi connectivity index (χ4n) is 3.69. The van der Waals surface area contributed by atoms with Gasteiger partial charge in [0.2, 0.25) is 0 Å². The number of hydroxylamine groups is 1. The first-order chi connectivity index (χ1) is 16.9. The first-order valence-corrected chi connectivity index (χ1v) is 12.6. The standard InChI is InChI=1S/C25H27N5O4S/c1-19-7-10-23(11-8-19)35(32,33)34-29-25(31)12-9-21-15-27-24(16-26-21)28-22-13-14-30(18-22)17-20-5-3-2-4-6-20/h2-12,15-16,22H,13-14,17-18H2,1H3,(H,27,28)(H,29,31)/b12-9+/t22-/m1/s1. The molecule has 1 aromatic heterocycles. The second-order valence-electron chi connectivity index (χ2n) is 8.33.